The minimum Gasteiger partial charge on any atom is -0.375 e. The van der Waals surface area contributed by atoms with Crippen molar-refractivity contribution >= 4 is 11.3 Å². The fourth-order valence-corrected chi connectivity index (χ4v) is 3.00. The third-order valence-electron chi connectivity index (χ3n) is 3.13. The van der Waals surface area contributed by atoms with Crippen molar-refractivity contribution in [3.8, 4) is 10.4 Å². The molecule has 4 heteroatoms. The number of methoxy groups -OCH3 is 1. The van der Waals surface area contributed by atoms with Gasteiger partial charge in [0.2, 0.25) is 0 Å². The monoisotopic (exact) mass is 290 g/mol. The first-order valence-corrected chi connectivity index (χ1v) is 7.74. The number of hydrogen-bond donors (Lipinski definition) is 1. The van der Waals surface area contributed by atoms with Crippen molar-refractivity contribution in [3.05, 3.63) is 41.0 Å². The van der Waals surface area contributed by atoms with Crippen molar-refractivity contribution in [3.63, 3.8) is 0 Å². The van der Waals surface area contributed by atoms with E-state index in [1.807, 2.05) is 13.0 Å². The highest BCUT2D eigenvalue weighted by Crippen LogP contribution is 2.33. The van der Waals surface area contributed by atoms with Gasteiger partial charge in [0, 0.05) is 19.7 Å². The highest BCUT2D eigenvalue weighted by molar-refractivity contribution is 7.15. The Morgan fingerprint density at radius 1 is 1.20 bits per heavy atom. The largest absolute Gasteiger partial charge is 0.375 e. The SMILES string of the molecule is COC(C)c1nc(CNC(C)C)c(-c2ccccc2)s1. The van der Waals surface area contributed by atoms with Crippen LogP contribution in [0.25, 0.3) is 10.4 Å². The fraction of sp³-hybridized carbons (Fsp3) is 0.438. The lowest BCUT2D eigenvalue weighted by atomic mass is 10.1. The van der Waals surface area contributed by atoms with Crippen molar-refractivity contribution in [1.29, 1.82) is 0 Å². The second-order valence-corrected chi connectivity index (χ2v) is 6.14. The summed E-state index contributed by atoms with van der Waals surface area (Å²) >= 11 is 1.72. The Morgan fingerprint density at radius 2 is 1.90 bits per heavy atom. The van der Waals surface area contributed by atoms with Crippen LogP contribution in [-0.4, -0.2) is 18.1 Å². The highest BCUT2D eigenvalue weighted by Gasteiger charge is 2.16. The summed E-state index contributed by atoms with van der Waals surface area (Å²) in [5, 5.41) is 4.48. The van der Waals surface area contributed by atoms with Crippen molar-refractivity contribution < 1.29 is 4.74 Å². The summed E-state index contributed by atoms with van der Waals surface area (Å²) in [4.78, 5) is 5.99. The van der Waals surface area contributed by atoms with E-state index in [2.05, 4.69) is 43.4 Å². The van der Waals surface area contributed by atoms with Gasteiger partial charge in [-0.1, -0.05) is 44.2 Å². The summed E-state index contributed by atoms with van der Waals surface area (Å²) < 4.78 is 5.39. The van der Waals surface area contributed by atoms with Crippen LogP contribution in [0, 0.1) is 0 Å². The van der Waals surface area contributed by atoms with Crippen molar-refractivity contribution in [2.24, 2.45) is 0 Å². The van der Waals surface area contributed by atoms with E-state index in [-0.39, 0.29) is 6.10 Å². The molecule has 0 radical (unpaired) electrons. The maximum Gasteiger partial charge on any atom is 0.122 e. The second kappa shape index (κ2) is 6.97. The van der Waals surface area contributed by atoms with Crippen molar-refractivity contribution in [1.82, 2.24) is 10.3 Å². The molecule has 0 saturated carbocycles. The van der Waals surface area contributed by atoms with E-state index in [4.69, 9.17) is 9.72 Å². The summed E-state index contributed by atoms with van der Waals surface area (Å²) in [6.45, 7) is 7.11. The number of thiazole rings is 1. The molecule has 0 spiro atoms. The molecule has 3 nitrogen and oxygen atoms in total. The normalized spacial score (nSPS) is 12.8. The Balaban J connectivity index is 2.34. The van der Waals surface area contributed by atoms with Crippen LogP contribution in [0.5, 0.6) is 0 Å². The van der Waals surface area contributed by atoms with Gasteiger partial charge in [-0.3, -0.25) is 0 Å². The zero-order valence-corrected chi connectivity index (χ0v) is 13.3. The predicted molar refractivity (Wildman–Crippen MR) is 84.9 cm³/mol. The van der Waals surface area contributed by atoms with Gasteiger partial charge in [0.25, 0.3) is 0 Å². The van der Waals surface area contributed by atoms with Gasteiger partial charge in [-0.05, 0) is 12.5 Å². The summed E-state index contributed by atoms with van der Waals surface area (Å²) in [7, 11) is 1.72. The molecule has 20 heavy (non-hydrogen) atoms. The molecule has 1 heterocycles. The molecule has 0 aliphatic heterocycles. The van der Waals surface area contributed by atoms with Crippen LogP contribution in [0.2, 0.25) is 0 Å². The molecular formula is C16H22N2OS. The molecule has 0 aliphatic carbocycles. The third kappa shape index (κ3) is 3.66. The van der Waals surface area contributed by atoms with Crippen molar-refractivity contribution in [2.45, 2.75) is 39.5 Å². The number of hydrogen-bond acceptors (Lipinski definition) is 4. The van der Waals surface area contributed by atoms with Crippen LogP contribution in [0.15, 0.2) is 30.3 Å². The molecule has 0 aliphatic rings. The molecule has 0 bridgehead atoms. The Bertz CT molecular complexity index is 537. The molecular weight excluding hydrogens is 268 g/mol. The van der Waals surface area contributed by atoms with Crippen LogP contribution in [0.4, 0.5) is 0 Å². The zero-order valence-electron chi connectivity index (χ0n) is 12.5. The van der Waals surface area contributed by atoms with E-state index in [1.165, 1.54) is 10.4 Å². The lowest BCUT2D eigenvalue weighted by molar-refractivity contribution is 0.119. The summed E-state index contributed by atoms with van der Waals surface area (Å²) in [5.74, 6) is 0. The van der Waals surface area contributed by atoms with Gasteiger partial charge < -0.3 is 10.1 Å². The number of aromatic nitrogens is 1. The summed E-state index contributed by atoms with van der Waals surface area (Å²) in [6, 6.07) is 10.9. The van der Waals surface area contributed by atoms with Crippen LogP contribution in [0.3, 0.4) is 0 Å². The zero-order chi connectivity index (χ0) is 14.5. The minimum atomic E-state index is 0.0373. The maximum absolute atomic E-state index is 5.39. The average Bonchev–Trinajstić information content (AvgIpc) is 2.89. The van der Waals surface area contributed by atoms with E-state index in [1.54, 1.807) is 18.4 Å². The number of nitrogens with zero attached hydrogens (tertiary/aromatic N) is 1. The smallest absolute Gasteiger partial charge is 0.122 e. The number of rotatable bonds is 6. The molecule has 1 atom stereocenters. The topological polar surface area (TPSA) is 34.1 Å². The van der Waals surface area contributed by atoms with Gasteiger partial charge in [-0.15, -0.1) is 11.3 Å². The Hall–Kier alpha value is -1.23. The first-order valence-electron chi connectivity index (χ1n) is 6.93. The summed E-state index contributed by atoms with van der Waals surface area (Å²) in [6.07, 6.45) is 0.0373. The minimum absolute atomic E-state index is 0.0373. The van der Waals surface area contributed by atoms with Gasteiger partial charge >= 0.3 is 0 Å². The summed E-state index contributed by atoms with van der Waals surface area (Å²) in [5.41, 5.74) is 2.33. The number of ether oxygens (including phenoxy) is 1. The molecule has 1 aromatic heterocycles. The van der Waals surface area contributed by atoms with Gasteiger partial charge in [0.15, 0.2) is 0 Å². The number of benzene rings is 1. The van der Waals surface area contributed by atoms with Gasteiger partial charge in [-0.2, -0.15) is 0 Å². The first-order chi connectivity index (χ1) is 9.61. The quantitative estimate of drug-likeness (QED) is 0.872. The lowest BCUT2D eigenvalue weighted by Gasteiger charge is -2.07. The fourth-order valence-electron chi connectivity index (χ4n) is 1.88. The molecule has 1 unspecified atom stereocenters. The lowest BCUT2D eigenvalue weighted by Crippen LogP contribution is -2.22. The molecule has 0 fully saturated rings. The van der Waals surface area contributed by atoms with E-state index in [9.17, 15) is 0 Å². The predicted octanol–water partition coefficient (Wildman–Crippen LogP) is 4.02. The maximum atomic E-state index is 5.39. The van der Waals surface area contributed by atoms with Crippen LogP contribution >= 0.6 is 11.3 Å². The van der Waals surface area contributed by atoms with E-state index >= 15 is 0 Å². The molecule has 1 N–H and O–H groups in total. The van der Waals surface area contributed by atoms with Crippen molar-refractivity contribution in [2.75, 3.05) is 7.11 Å². The molecule has 2 aromatic rings. The van der Waals surface area contributed by atoms with E-state index in [0.717, 1.165) is 17.2 Å². The Kier molecular flexibility index (Phi) is 5.29. The highest BCUT2D eigenvalue weighted by atomic mass is 32.1. The average molecular weight is 290 g/mol. The van der Waals surface area contributed by atoms with Gasteiger partial charge in [0.1, 0.15) is 11.1 Å². The van der Waals surface area contributed by atoms with Gasteiger partial charge in [-0.25, -0.2) is 4.98 Å². The third-order valence-corrected chi connectivity index (χ3v) is 4.44. The second-order valence-electron chi connectivity index (χ2n) is 5.11. The van der Waals surface area contributed by atoms with Crippen LogP contribution in [-0.2, 0) is 11.3 Å². The van der Waals surface area contributed by atoms with Crippen LogP contribution in [0.1, 0.15) is 37.6 Å². The molecule has 0 saturated heterocycles. The number of nitrogens with one attached hydrogen (secondary N) is 1. The van der Waals surface area contributed by atoms with Crippen LogP contribution < -0.4 is 5.32 Å². The molecule has 1 aromatic carbocycles. The first kappa shape index (κ1) is 15.2. The van der Waals surface area contributed by atoms with E-state index < -0.39 is 0 Å². The van der Waals surface area contributed by atoms with Gasteiger partial charge in [0.05, 0.1) is 10.6 Å². The van der Waals surface area contributed by atoms with E-state index in [0.29, 0.717) is 6.04 Å². The molecule has 2 rings (SSSR count). The Labute approximate surface area is 125 Å². The standard InChI is InChI=1S/C16H22N2OS/c1-11(2)17-10-14-15(13-8-6-5-7-9-13)20-16(18-14)12(3)19-4/h5-9,11-12,17H,10H2,1-4H3. The molecule has 108 valence electrons. The Morgan fingerprint density at radius 3 is 2.50 bits per heavy atom. The molecule has 0 amide bonds.